The average Bonchev–Trinajstić information content (AvgIpc) is 2.91. The third-order valence-corrected chi connectivity index (χ3v) is 8.41. The summed E-state index contributed by atoms with van der Waals surface area (Å²) in [5.74, 6) is 0.383. The van der Waals surface area contributed by atoms with E-state index in [0.717, 1.165) is 10.0 Å². The van der Waals surface area contributed by atoms with E-state index in [1.54, 1.807) is 42.5 Å². The van der Waals surface area contributed by atoms with Gasteiger partial charge in [-0.1, -0.05) is 57.3 Å². The normalized spacial score (nSPS) is 11.7. The number of hydrogen-bond donors (Lipinski definition) is 0. The molecule has 0 amide bonds. The Morgan fingerprint density at radius 2 is 1.62 bits per heavy atom. The number of fused-ring (bicyclic) bond motifs is 1. The molecular formula is C29H25BrCl2O6S. The molecular weight excluding hydrogens is 627 g/mol. The number of halogens is 3. The van der Waals surface area contributed by atoms with Crippen LogP contribution in [0.1, 0.15) is 18.9 Å². The molecule has 0 aliphatic heterocycles. The van der Waals surface area contributed by atoms with Crippen LogP contribution in [0.2, 0.25) is 10.0 Å². The molecule has 0 aliphatic carbocycles. The molecule has 0 saturated carbocycles. The zero-order valence-electron chi connectivity index (χ0n) is 21.4. The van der Waals surface area contributed by atoms with E-state index >= 15 is 0 Å². The maximum Gasteiger partial charge on any atom is 0.308 e. The third kappa shape index (κ3) is 6.52. The van der Waals surface area contributed by atoms with Gasteiger partial charge >= 0.3 is 5.97 Å². The number of esters is 1. The zero-order chi connectivity index (χ0) is 28.1. The average molecular weight is 652 g/mol. The Bertz CT molecular complexity index is 1540. The molecule has 0 fully saturated rings. The van der Waals surface area contributed by atoms with Crippen LogP contribution in [0.25, 0.3) is 10.8 Å². The van der Waals surface area contributed by atoms with Gasteiger partial charge in [-0.05, 0) is 60.9 Å². The van der Waals surface area contributed by atoms with Crippen LogP contribution in [-0.4, -0.2) is 31.0 Å². The number of aryl methyl sites for hydroxylation is 1. The van der Waals surface area contributed by atoms with Crippen LogP contribution in [-0.2, 0) is 22.0 Å². The number of carbonyl (C=O) groups is 1. The lowest BCUT2D eigenvalue weighted by Crippen LogP contribution is -2.08. The van der Waals surface area contributed by atoms with Crippen molar-refractivity contribution < 1.29 is 28.0 Å². The summed E-state index contributed by atoms with van der Waals surface area (Å²) in [6, 6.07) is 17.9. The van der Waals surface area contributed by atoms with Crippen LogP contribution < -0.4 is 18.9 Å². The predicted octanol–water partition coefficient (Wildman–Crippen LogP) is 8.03. The van der Waals surface area contributed by atoms with E-state index in [1.807, 2.05) is 18.2 Å². The molecule has 0 spiro atoms. The van der Waals surface area contributed by atoms with Crippen molar-refractivity contribution in [3.63, 3.8) is 0 Å². The van der Waals surface area contributed by atoms with E-state index in [0.29, 0.717) is 55.8 Å². The van der Waals surface area contributed by atoms with Gasteiger partial charge in [0.25, 0.3) is 0 Å². The number of carbonyl (C=O) groups excluding carboxylic acids is 1. The highest BCUT2D eigenvalue weighted by atomic mass is 79.9. The Morgan fingerprint density at radius 3 is 2.26 bits per heavy atom. The van der Waals surface area contributed by atoms with E-state index in [2.05, 4.69) is 15.9 Å². The van der Waals surface area contributed by atoms with Gasteiger partial charge in [0.2, 0.25) is 11.5 Å². The minimum Gasteiger partial charge on any atom is -0.490 e. The van der Waals surface area contributed by atoms with Crippen LogP contribution in [0.5, 0.6) is 23.0 Å². The summed E-state index contributed by atoms with van der Waals surface area (Å²) >= 11 is 15.8. The Balaban J connectivity index is 1.82. The third-order valence-electron chi connectivity index (χ3n) is 5.85. The molecule has 39 heavy (non-hydrogen) atoms. The van der Waals surface area contributed by atoms with E-state index in [-0.39, 0.29) is 17.2 Å². The first-order valence-electron chi connectivity index (χ1n) is 11.9. The highest BCUT2D eigenvalue weighted by Gasteiger charge is 2.28. The molecule has 204 valence electrons. The van der Waals surface area contributed by atoms with Crippen molar-refractivity contribution >= 4 is 66.7 Å². The van der Waals surface area contributed by atoms with Crippen molar-refractivity contribution in [3.8, 4) is 23.0 Å². The molecule has 10 heteroatoms. The van der Waals surface area contributed by atoms with Crippen LogP contribution in [0.15, 0.2) is 74.9 Å². The van der Waals surface area contributed by atoms with Crippen LogP contribution in [0.4, 0.5) is 0 Å². The van der Waals surface area contributed by atoms with Crippen molar-refractivity contribution in [2.24, 2.45) is 0 Å². The maximum absolute atomic E-state index is 13.8. The van der Waals surface area contributed by atoms with Gasteiger partial charge in [-0.25, -0.2) is 4.21 Å². The zero-order valence-corrected chi connectivity index (χ0v) is 25.3. The second-order valence-corrected chi connectivity index (χ2v) is 11.6. The minimum atomic E-state index is -1.59. The summed E-state index contributed by atoms with van der Waals surface area (Å²) in [5.41, 5.74) is 0.946. The second-order valence-electron chi connectivity index (χ2n) is 8.41. The molecule has 0 heterocycles. The minimum absolute atomic E-state index is 0.159. The topological polar surface area (TPSA) is 71.1 Å². The van der Waals surface area contributed by atoms with Gasteiger partial charge < -0.3 is 18.9 Å². The van der Waals surface area contributed by atoms with E-state index < -0.39 is 16.8 Å². The number of ether oxygens (including phenoxy) is 4. The predicted molar refractivity (Wildman–Crippen MR) is 157 cm³/mol. The summed E-state index contributed by atoms with van der Waals surface area (Å²) in [6.07, 6.45) is 1.27. The fourth-order valence-corrected chi connectivity index (χ4v) is 6.15. The van der Waals surface area contributed by atoms with Gasteiger partial charge in [0.1, 0.15) is 0 Å². The van der Waals surface area contributed by atoms with Gasteiger partial charge in [0, 0.05) is 37.1 Å². The quantitative estimate of drug-likeness (QED) is 0.0982. The van der Waals surface area contributed by atoms with Crippen LogP contribution >= 0.6 is 39.1 Å². The van der Waals surface area contributed by atoms with Crippen LogP contribution in [0.3, 0.4) is 0 Å². The molecule has 0 aromatic heterocycles. The van der Waals surface area contributed by atoms with Crippen LogP contribution in [0, 0.1) is 0 Å². The molecule has 4 aromatic rings. The second kappa shape index (κ2) is 13.0. The van der Waals surface area contributed by atoms with Gasteiger partial charge in [-0.2, -0.15) is 0 Å². The fraction of sp³-hybridized carbons (Fsp3) is 0.207. The molecule has 0 radical (unpaired) electrons. The van der Waals surface area contributed by atoms with Gasteiger partial charge in [0.15, 0.2) is 11.5 Å². The van der Waals surface area contributed by atoms with Crippen molar-refractivity contribution in [1.82, 2.24) is 0 Å². The lowest BCUT2D eigenvalue weighted by atomic mass is 10.1. The summed E-state index contributed by atoms with van der Waals surface area (Å²) in [4.78, 5) is 13.1. The fourth-order valence-electron chi connectivity index (χ4n) is 4.15. The Morgan fingerprint density at radius 1 is 0.923 bits per heavy atom. The molecule has 0 aliphatic rings. The summed E-state index contributed by atoms with van der Waals surface area (Å²) in [7, 11) is 1.33. The lowest BCUT2D eigenvalue weighted by molar-refractivity contribution is -0.131. The van der Waals surface area contributed by atoms with E-state index in [4.69, 9.17) is 42.1 Å². The van der Waals surface area contributed by atoms with E-state index in [1.165, 1.54) is 21.1 Å². The van der Waals surface area contributed by atoms with Crippen molar-refractivity contribution in [1.29, 1.82) is 0 Å². The molecule has 1 atom stereocenters. The standard InChI is InChI=1S/C29H25BrCl2O6S/c1-17(33)38-26-22-7-4-8-24(39(34)21-13-10-19(30)11-14-21)25(22)27(29(36-3)28(26)35-2)37-15-5-6-18-9-12-20(31)16-23(18)32/h4,7-14,16H,5-6,15H2,1-3H3. The highest BCUT2D eigenvalue weighted by molar-refractivity contribution is 9.10. The first-order valence-corrected chi connectivity index (χ1v) is 14.6. The monoisotopic (exact) mass is 650 g/mol. The number of hydrogen-bond acceptors (Lipinski definition) is 6. The largest absolute Gasteiger partial charge is 0.490 e. The maximum atomic E-state index is 13.8. The number of methoxy groups -OCH3 is 2. The van der Waals surface area contributed by atoms with Gasteiger partial charge in [-0.15, -0.1) is 0 Å². The first-order chi connectivity index (χ1) is 18.7. The first kappa shape index (κ1) is 29.2. The summed E-state index contributed by atoms with van der Waals surface area (Å²) in [5, 5.41) is 2.16. The Labute approximate surface area is 247 Å². The number of rotatable bonds is 10. The summed E-state index contributed by atoms with van der Waals surface area (Å²) in [6.45, 7) is 1.59. The molecule has 4 aromatic carbocycles. The smallest absolute Gasteiger partial charge is 0.308 e. The SMILES string of the molecule is COc1c(OC)c(OCCCc2ccc(Cl)cc2Cl)c2c(S(=O)c3ccc(Br)cc3)cccc2c1OC(C)=O. The Kier molecular flexibility index (Phi) is 9.77. The number of benzene rings is 4. The molecule has 1 unspecified atom stereocenters. The Hall–Kier alpha value is -2.78. The highest BCUT2D eigenvalue weighted by Crippen LogP contribution is 2.52. The van der Waals surface area contributed by atoms with E-state index in [9.17, 15) is 9.00 Å². The molecule has 0 bridgehead atoms. The molecule has 0 saturated heterocycles. The molecule has 4 rings (SSSR count). The molecule has 0 N–H and O–H groups in total. The van der Waals surface area contributed by atoms with Crippen molar-refractivity contribution in [3.05, 3.63) is 80.7 Å². The van der Waals surface area contributed by atoms with Crippen molar-refractivity contribution in [2.75, 3.05) is 20.8 Å². The summed E-state index contributed by atoms with van der Waals surface area (Å²) < 4.78 is 37.9. The lowest BCUT2D eigenvalue weighted by Gasteiger charge is -2.21. The van der Waals surface area contributed by atoms with Gasteiger partial charge in [-0.3, -0.25) is 4.79 Å². The molecule has 6 nitrogen and oxygen atoms in total. The van der Waals surface area contributed by atoms with Crippen molar-refractivity contribution in [2.45, 2.75) is 29.6 Å². The van der Waals surface area contributed by atoms with Gasteiger partial charge in [0.05, 0.1) is 36.5 Å².